The van der Waals surface area contributed by atoms with Gasteiger partial charge in [0.15, 0.2) is 0 Å². The average molecular weight is 292 g/mol. The van der Waals surface area contributed by atoms with Crippen molar-refractivity contribution in [2.45, 2.75) is 19.0 Å². The van der Waals surface area contributed by atoms with Crippen molar-refractivity contribution in [3.05, 3.63) is 29.8 Å². The Bertz CT molecular complexity index is 497. The van der Waals surface area contributed by atoms with Gasteiger partial charge in [0.05, 0.1) is 12.6 Å². The van der Waals surface area contributed by atoms with Gasteiger partial charge < -0.3 is 26.4 Å². The molecule has 7 nitrogen and oxygen atoms in total. The zero-order valence-corrected chi connectivity index (χ0v) is 11.7. The highest BCUT2D eigenvalue weighted by Gasteiger charge is 2.22. The Balaban J connectivity index is 2.00. The normalized spacial score (nSPS) is 17.4. The molecule has 114 valence electrons. The first-order valence-electron chi connectivity index (χ1n) is 6.80. The van der Waals surface area contributed by atoms with Crippen LogP contribution in [0.3, 0.4) is 0 Å². The molecule has 21 heavy (non-hydrogen) atoms. The van der Waals surface area contributed by atoms with Gasteiger partial charge >= 0.3 is 6.03 Å². The Hall–Kier alpha value is -2.28. The second kappa shape index (κ2) is 6.94. The number of nitrogens with zero attached hydrogens (tertiary/aromatic N) is 1. The topological polar surface area (TPSA) is 111 Å². The minimum absolute atomic E-state index is 0.0145. The number of carbonyl (C=O) groups excluding carboxylic acids is 2. The third-order valence-electron chi connectivity index (χ3n) is 3.24. The second-order valence-electron chi connectivity index (χ2n) is 5.07. The standard InChI is InChI=1S/C14H20N4O3/c15-11-3-1-10(2-4-11)7-18(8-13(16)19)14(20)17-12-5-6-21-9-12/h1-4,12H,5-9,15H2,(H2,16,19)(H,17,20). The first kappa shape index (κ1) is 15.1. The van der Waals surface area contributed by atoms with Gasteiger partial charge in [-0.15, -0.1) is 0 Å². The second-order valence-corrected chi connectivity index (χ2v) is 5.07. The molecule has 1 aromatic carbocycles. The Morgan fingerprint density at radius 1 is 1.33 bits per heavy atom. The predicted molar refractivity (Wildman–Crippen MR) is 78.2 cm³/mol. The molecule has 1 saturated heterocycles. The minimum Gasteiger partial charge on any atom is -0.399 e. The Labute approximate surface area is 123 Å². The number of ether oxygens (including phenoxy) is 1. The maximum absolute atomic E-state index is 12.2. The molecule has 0 aliphatic carbocycles. The molecule has 0 aromatic heterocycles. The van der Waals surface area contributed by atoms with E-state index in [0.717, 1.165) is 12.0 Å². The van der Waals surface area contributed by atoms with Gasteiger partial charge in [0.2, 0.25) is 5.91 Å². The van der Waals surface area contributed by atoms with Gasteiger partial charge in [0.25, 0.3) is 0 Å². The molecule has 7 heteroatoms. The van der Waals surface area contributed by atoms with Gasteiger partial charge in [0, 0.05) is 18.8 Å². The van der Waals surface area contributed by atoms with Gasteiger partial charge in [-0.2, -0.15) is 0 Å². The monoisotopic (exact) mass is 292 g/mol. The molecule has 1 fully saturated rings. The van der Waals surface area contributed by atoms with E-state index in [1.165, 1.54) is 4.90 Å². The van der Waals surface area contributed by atoms with Crippen LogP contribution in [0.15, 0.2) is 24.3 Å². The summed E-state index contributed by atoms with van der Waals surface area (Å²) in [6.07, 6.45) is 0.776. The maximum Gasteiger partial charge on any atom is 0.318 e. The molecule has 1 heterocycles. The zero-order valence-electron chi connectivity index (χ0n) is 11.7. The predicted octanol–water partition coefficient (Wildman–Crippen LogP) is 0.0546. The summed E-state index contributed by atoms with van der Waals surface area (Å²) in [6.45, 7) is 1.29. The SMILES string of the molecule is NC(=O)CN(Cc1ccc(N)cc1)C(=O)NC1CCOC1. The molecule has 0 radical (unpaired) electrons. The van der Waals surface area contributed by atoms with E-state index >= 15 is 0 Å². The number of benzene rings is 1. The molecule has 0 saturated carbocycles. The van der Waals surface area contributed by atoms with Gasteiger partial charge in [0.1, 0.15) is 6.54 Å². The van der Waals surface area contributed by atoms with Gasteiger partial charge in [-0.05, 0) is 24.1 Å². The van der Waals surface area contributed by atoms with Crippen LogP contribution in [0, 0.1) is 0 Å². The lowest BCUT2D eigenvalue weighted by Gasteiger charge is -2.23. The van der Waals surface area contributed by atoms with Crippen LogP contribution in [0.5, 0.6) is 0 Å². The third-order valence-corrected chi connectivity index (χ3v) is 3.24. The average Bonchev–Trinajstić information content (AvgIpc) is 2.93. The number of hydrogen-bond acceptors (Lipinski definition) is 4. The molecule has 5 N–H and O–H groups in total. The number of anilines is 1. The summed E-state index contributed by atoms with van der Waals surface area (Å²) in [5, 5.41) is 2.85. The summed E-state index contributed by atoms with van der Waals surface area (Å²) in [5.74, 6) is -0.553. The number of carbonyl (C=O) groups is 2. The molecule has 1 unspecified atom stereocenters. The fraction of sp³-hybridized carbons (Fsp3) is 0.429. The molecule has 1 atom stereocenters. The van der Waals surface area contributed by atoms with Crippen molar-refractivity contribution in [1.29, 1.82) is 0 Å². The summed E-state index contributed by atoms with van der Waals surface area (Å²) in [4.78, 5) is 24.8. The maximum atomic E-state index is 12.2. The highest BCUT2D eigenvalue weighted by Crippen LogP contribution is 2.10. The van der Waals surface area contributed by atoms with Crippen LogP contribution in [0.25, 0.3) is 0 Å². The van der Waals surface area contributed by atoms with E-state index in [9.17, 15) is 9.59 Å². The highest BCUT2D eigenvalue weighted by atomic mass is 16.5. The van der Waals surface area contributed by atoms with E-state index in [4.69, 9.17) is 16.2 Å². The number of nitrogens with two attached hydrogens (primary N) is 2. The molecule has 3 amide bonds. The van der Waals surface area contributed by atoms with Crippen molar-refractivity contribution < 1.29 is 14.3 Å². The van der Waals surface area contributed by atoms with Crippen molar-refractivity contribution in [2.24, 2.45) is 5.73 Å². The minimum atomic E-state index is -0.553. The van der Waals surface area contributed by atoms with Crippen LogP contribution < -0.4 is 16.8 Å². The van der Waals surface area contributed by atoms with Crippen molar-refractivity contribution >= 4 is 17.6 Å². The number of urea groups is 1. The van der Waals surface area contributed by atoms with Crippen LogP contribution in [0.4, 0.5) is 10.5 Å². The summed E-state index contributed by atoms with van der Waals surface area (Å²) in [5.41, 5.74) is 12.4. The van der Waals surface area contributed by atoms with Crippen molar-refractivity contribution in [1.82, 2.24) is 10.2 Å². The summed E-state index contributed by atoms with van der Waals surface area (Å²) < 4.78 is 5.21. The smallest absolute Gasteiger partial charge is 0.318 e. The molecule has 0 bridgehead atoms. The van der Waals surface area contributed by atoms with E-state index in [0.29, 0.717) is 25.4 Å². The van der Waals surface area contributed by atoms with Crippen LogP contribution in [0.1, 0.15) is 12.0 Å². The Morgan fingerprint density at radius 2 is 2.05 bits per heavy atom. The lowest BCUT2D eigenvalue weighted by molar-refractivity contribution is -0.118. The fourth-order valence-corrected chi connectivity index (χ4v) is 2.15. The van der Waals surface area contributed by atoms with Crippen LogP contribution in [0.2, 0.25) is 0 Å². The van der Waals surface area contributed by atoms with Crippen molar-refractivity contribution in [2.75, 3.05) is 25.5 Å². The molecular weight excluding hydrogens is 272 g/mol. The molecule has 1 aliphatic heterocycles. The first-order chi connectivity index (χ1) is 10.0. The number of nitrogens with one attached hydrogen (secondary N) is 1. The first-order valence-corrected chi connectivity index (χ1v) is 6.80. The van der Waals surface area contributed by atoms with Crippen LogP contribution >= 0.6 is 0 Å². The van der Waals surface area contributed by atoms with E-state index in [2.05, 4.69) is 5.32 Å². The van der Waals surface area contributed by atoms with Gasteiger partial charge in [-0.25, -0.2) is 4.79 Å². The largest absolute Gasteiger partial charge is 0.399 e. The Kier molecular flexibility index (Phi) is 4.99. The molecule has 1 aliphatic rings. The van der Waals surface area contributed by atoms with Crippen LogP contribution in [-0.4, -0.2) is 42.6 Å². The quantitative estimate of drug-likeness (QED) is 0.666. The lowest BCUT2D eigenvalue weighted by Crippen LogP contribution is -2.47. The molecule has 0 spiro atoms. The van der Waals surface area contributed by atoms with E-state index in [1.54, 1.807) is 12.1 Å². The molecular formula is C14H20N4O3. The number of rotatable bonds is 5. The number of nitrogen functional groups attached to an aromatic ring is 1. The van der Waals surface area contributed by atoms with Crippen molar-refractivity contribution in [3.63, 3.8) is 0 Å². The van der Waals surface area contributed by atoms with E-state index in [1.807, 2.05) is 12.1 Å². The van der Waals surface area contributed by atoms with E-state index in [-0.39, 0.29) is 18.6 Å². The lowest BCUT2D eigenvalue weighted by atomic mass is 10.2. The van der Waals surface area contributed by atoms with Crippen LogP contribution in [-0.2, 0) is 16.1 Å². The fourth-order valence-electron chi connectivity index (χ4n) is 2.15. The summed E-state index contributed by atoms with van der Waals surface area (Å²) in [6, 6.07) is 6.80. The number of primary amides is 1. The zero-order chi connectivity index (χ0) is 15.2. The third kappa shape index (κ3) is 4.64. The van der Waals surface area contributed by atoms with Gasteiger partial charge in [-0.1, -0.05) is 12.1 Å². The summed E-state index contributed by atoms with van der Waals surface area (Å²) >= 11 is 0. The molecule has 2 rings (SSSR count). The van der Waals surface area contributed by atoms with Crippen molar-refractivity contribution in [3.8, 4) is 0 Å². The number of amides is 3. The Morgan fingerprint density at radius 3 is 2.62 bits per heavy atom. The highest BCUT2D eigenvalue weighted by molar-refractivity contribution is 5.83. The summed E-state index contributed by atoms with van der Waals surface area (Å²) in [7, 11) is 0. The molecule has 1 aromatic rings. The van der Waals surface area contributed by atoms with E-state index < -0.39 is 5.91 Å². The number of hydrogen-bond donors (Lipinski definition) is 3. The van der Waals surface area contributed by atoms with Gasteiger partial charge in [-0.3, -0.25) is 4.79 Å².